The van der Waals surface area contributed by atoms with Crippen LogP contribution < -0.4 is 5.32 Å². The average molecular weight is 427 g/mol. The molecule has 1 heterocycles. The molecule has 31 heavy (non-hydrogen) atoms. The fourth-order valence-electron chi connectivity index (χ4n) is 4.22. The molecule has 1 saturated heterocycles. The number of benzene rings is 2. The van der Waals surface area contributed by atoms with Crippen molar-refractivity contribution in [3.05, 3.63) is 71.0 Å². The van der Waals surface area contributed by atoms with Gasteiger partial charge in [-0.3, -0.25) is 9.59 Å². The minimum Gasteiger partial charge on any atom is -0.391 e. The topological polar surface area (TPSA) is 69.6 Å². The molecule has 2 aromatic rings. The van der Waals surface area contributed by atoms with E-state index in [0.717, 1.165) is 17.5 Å². The quantitative estimate of drug-likeness (QED) is 0.712. The Bertz CT molecular complexity index is 930. The number of nitrogens with one attached hydrogen (secondary N) is 1. The number of aliphatic hydroxyl groups excluding tert-OH is 1. The van der Waals surface area contributed by atoms with E-state index < -0.39 is 18.0 Å². The molecule has 2 N–H and O–H groups in total. The van der Waals surface area contributed by atoms with Crippen molar-refractivity contribution in [3.8, 4) is 0 Å². The van der Waals surface area contributed by atoms with Crippen molar-refractivity contribution in [2.24, 2.45) is 5.92 Å². The molecular weight excluding hydrogens is 395 g/mol. The Kier molecular flexibility index (Phi) is 7.44. The maximum absolute atomic E-state index is 14.0. The van der Waals surface area contributed by atoms with Gasteiger partial charge in [0.15, 0.2) is 0 Å². The highest BCUT2D eigenvalue weighted by atomic mass is 19.1. The van der Waals surface area contributed by atoms with Gasteiger partial charge < -0.3 is 15.3 Å². The molecule has 1 aliphatic heterocycles. The minimum atomic E-state index is -0.776. The molecule has 3 rings (SSSR count). The highest BCUT2D eigenvalue weighted by Gasteiger charge is 2.39. The summed E-state index contributed by atoms with van der Waals surface area (Å²) in [4.78, 5) is 27.5. The lowest BCUT2D eigenvalue weighted by atomic mass is 9.93. The largest absolute Gasteiger partial charge is 0.391 e. The molecule has 166 valence electrons. The molecule has 0 radical (unpaired) electrons. The van der Waals surface area contributed by atoms with Crippen LogP contribution in [0.1, 0.15) is 49.4 Å². The molecule has 0 spiro atoms. The molecule has 0 aromatic heterocycles. The van der Waals surface area contributed by atoms with E-state index in [1.165, 1.54) is 11.0 Å². The molecule has 6 heteroatoms. The second-order valence-electron chi connectivity index (χ2n) is 8.77. The maximum Gasteiger partial charge on any atom is 0.243 e. The van der Waals surface area contributed by atoms with Gasteiger partial charge in [-0.1, -0.05) is 56.3 Å². The Morgan fingerprint density at radius 2 is 1.84 bits per heavy atom. The molecule has 0 saturated carbocycles. The molecule has 1 fully saturated rings. The number of carbonyl (C=O) groups is 2. The molecule has 1 aliphatic rings. The predicted molar refractivity (Wildman–Crippen MR) is 118 cm³/mol. The summed E-state index contributed by atoms with van der Waals surface area (Å²) in [6.45, 7) is 6.28. The summed E-state index contributed by atoms with van der Waals surface area (Å²) in [6, 6.07) is 13.1. The summed E-state index contributed by atoms with van der Waals surface area (Å²) in [6.07, 6.45) is 0.0185. The smallest absolute Gasteiger partial charge is 0.243 e. The normalized spacial score (nSPS) is 19.5. The van der Waals surface area contributed by atoms with Crippen LogP contribution in [-0.4, -0.2) is 40.5 Å². The van der Waals surface area contributed by atoms with E-state index in [1.807, 2.05) is 31.2 Å². The lowest BCUT2D eigenvalue weighted by Crippen LogP contribution is -2.47. The third kappa shape index (κ3) is 5.70. The third-order valence-corrected chi connectivity index (χ3v) is 5.79. The average Bonchev–Trinajstić information content (AvgIpc) is 3.11. The maximum atomic E-state index is 14.0. The lowest BCUT2D eigenvalue weighted by molar-refractivity contribution is -0.138. The van der Waals surface area contributed by atoms with Crippen LogP contribution in [0.2, 0.25) is 0 Å². The van der Waals surface area contributed by atoms with Crippen molar-refractivity contribution in [2.75, 3.05) is 6.54 Å². The fourth-order valence-corrected chi connectivity index (χ4v) is 4.22. The number of carbonyl (C=O) groups excluding carboxylic acids is 2. The minimum absolute atomic E-state index is 0.0740. The van der Waals surface area contributed by atoms with Crippen LogP contribution in [0.15, 0.2) is 48.5 Å². The number of β-amino-alcohol motifs (C(OH)–C–C–N with tert-alkyl or cyclic N) is 1. The number of aliphatic hydroxyl groups is 1. The van der Waals surface area contributed by atoms with E-state index in [2.05, 4.69) is 19.2 Å². The summed E-state index contributed by atoms with van der Waals surface area (Å²) in [7, 11) is 0. The van der Waals surface area contributed by atoms with E-state index in [0.29, 0.717) is 5.92 Å². The zero-order valence-corrected chi connectivity index (χ0v) is 18.3. The highest BCUT2D eigenvalue weighted by Crippen LogP contribution is 2.26. The van der Waals surface area contributed by atoms with Gasteiger partial charge in [-0.05, 0) is 42.0 Å². The van der Waals surface area contributed by atoms with Gasteiger partial charge in [-0.15, -0.1) is 0 Å². The summed E-state index contributed by atoms with van der Waals surface area (Å²) < 4.78 is 14.0. The van der Waals surface area contributed by atoms with Gasteiger partial charge >= 0.3 is 0 Å². The van der Waals surface area contributed by atoms with Crippen LogP contribution >= 0.6 is 0 Å². The highest BCUT2D eigenvalue weighted by molar-refractivity contribution is 5.89. The first-order chi connectivity index (χ1) is 14.8. The molecule has 2 amide bonds. The van der Waals surface area contributed by atoms with Gasteiger partial charge in [0.25, 0.3) is 0 Å². The first-order valence-corrected chi connectivity index (χ1v) is 10.8. The number of likely N-dealkylation sites (tertiary alicyclic amines) is 1. The first-order valence-electron chi connectivity index (χ1n) is 10.8. The first kappa shape index (κ1) is 22.9. The van der Waals surface area contributed by atoms with Gasteiger partial charge in [-0.25, -0.2) is 4.39 Å². The lowest BCUT2D eigenvalue weighted by Gasteiger charge is -2.28. The van der Waals surface area contributed by atoms with Crippen molar-refractivity contribution in [2.45, 2.75) is 58.2 Å². The SMILES string of the molecule is Cc1ccccc1C(CC(C)C)NC(=O)C1CC(O)CN1C(=O)Cc1ccccc1F. The van der Waals surface area contributed by atoms with E-state index >= 15 is 0 Å². The Morgan fingerprint density at radius 1 is 1.16 bits per heavy atom. The van der Waals surface area contributed by atoms with Gasteiger partial charge in [0.2, 0.25) is 11.8 Å². The zero-order chi connectivity index (χ0) is 22.5. The van der Waals surface area contributed by atoms with E-state index in [9.17, 15) is 19.1 Å². The van der Waals surface area contributed by atoms with Gasteiger partial charge in [-0.2, -0.15) is 0 Å². The molecule has 0 aliphatic carbocycles. The Balaban J connectivity index is 1.77. The Morgan fingerprint density at radius 3 is 2.52 bits per heavy atom. The van der Waals surface area contributed by atoms with Crippen molar-refractivity contribution in [1.82, 2.24) is 10.2 Å². The Labute approximate surface area is 183 Å². The van der Waals surface area contributed by atoms with E-state index in [1.54, 1.807) is 18.2 Å². The number of hydrogen-bond donors (Lipinski definition) is 2. The molecular formula is C25H31FN2O3. The van der Waals surface area contributed by atoms with E-state index in [4.69, 9.17) is 0 Å². The fraction of sp³-hybridized carbons (Fsp3) is 0.440. The molecule has 2 aromatic carbocycles. The molecule has 5 nitrogen and oxygen atoms in total. The summed E-state index contributed by atoms with van der Waals surface area (Å²) in [5.74, 6) is -0.739. The predicted octanol–water partition coefficient (Wildman–Crippen LogP) is 3.54. The van der Waals surface area contributed by atoms with Crippen molar-refractivity contribution in [3.63, 3.8) is 0 Å². The number of halogens is 1. The second-order valence-corrected chi connectivity index (χ2v) is 8.77. The van der Waals surface area contributed by atoms with Gasteiger partial charge in [0.05, 0.1) is 18.6 Å². The monoisotopic (exact) mass is 426 g/mol. The van der Waals surface area contributed by atoms with Gasteiger partial charge in [0.1, 0.15) is 11.9 Å². The number of amides is 2. The summed E-state index contributed by atoms with van der Waals surface area (Å²) >= 11 is 0. The molecule has 3 unspecified atom stereocenters. The van der Waals surface area contributed by atoms with Gasteiger partial charge in [0, 0.05) is 13.0 Å². The van der Waals surface area contributed by atoms with Crippen LogP contribution in [0.3, 0.4) is 0 Å². The standard InChI is InChI=1S/C25H31FN2O3/c1-16(2)12-22(20-10-6-4-8-17(20)3)27-25(31)23-14-19(29)15-28(23)24(30)13-18-9-5-7-11-21(18)26/h4-11,16,19,22-23,29H,12-15H2,1-3H3,(H,27,31). The summed E-state index contributed by atoms with van der Waals surface area (Å²) in [5, 5.41) is 13.3. The molecule has 3 atom stereocenters. The number of nitrogens with zero attached hydrogens (tertiary/aromatic N) is 1. The number of hydrogen-bond acceptors (Lipinski definition) is 3. The third-order valence-electron chi connectivity index (χ3n) is 5.79. The van der Waals surface area contributed by atoms with Crippen molar-refractivity contribution < 1.29 is 19.1 Å². The van der Waals surface area contributed by atoms with Crippen molar-refractivity contribution in [1.29, 1.82) is 0 Å². The van der Waals surface area contributed by atoms with Crippen LogP contribution in [0.5, 0.6) is 0 Å². The van der Waals surface area contributed by atoms with Crippen LogP contribution in [0.4, 0.5) is 4.39 Å². The number of aryl methyl sites for hydroxylation is 1. The molecule has 0 bridgehead atoms. The van der Waals surface area contributed by atoms with Crippen LogP contribution in [0, 0.1) is 18.7 Å². The zero-order valence-electron chi connectivity index (χ0n) is 18.3. The second kappa shape index (κ2) is 10.1. The van der Waals surface area contributed by atoms with Crippen LogP contribution in [-0.2, 0) is 16.0 Å². The summed E-state index contributed by atoms with van der Waals surface area (Å²) in [5.41, 5.74) is 2.42. The number of rotatable bonds is 7. The van der Waals surface area contributed by atoms with Crippen molar-refractivity contribution >= 4 is 11.8 Å². The van der Waals surface area contributed by atoms with Crippen LogP contribution in [0.25, 0.3) is 0 Å². The van der Waals surface area contributed by atoms with E-state index in [-0.39, 0.29) is 42.8 Å². The Hall–Kier alpha value is -2.73.